The maximum atomic E-state index is 11.8. The highest BCUT2D eigenvalue weighted by atomic mass is 32.1. The first-order chi connectivity index (χ1) is 9.56. The van der Waals surface area contributed by atoms with Crippen molar-refractivity contribution in [1.82, 2.24) is 10.2 Å². The molecule has 1 fully saturated rings. The lowest BCUT2D eigenvalue weighted by Crippen LogP contribution is -2.38. The predicted molar refractivity (Wildman–Crippen MR) is 78.5 cm³/mol. The summed E-state index contributed by atoms with van der Waals surface area (Å²) in [6.07, 6.45) is 2.16. The van der Waals surface area contributed by atoms with Crippen LogP contribution in [0.15, 0.2) is 11.4 Å². The average molecular weight is 297 g/mol. The summed E-state index contributed by atoms with van der Waals surface area (Å²) in [6.45, 7) is 2.75. The van der Waals surface area contributed by atoms with E-state index in [0.29, 0.717) is 17.5 Å². The third kappa shape index (κ3) is 3.94. The number of carboxylic acids is 1. The monoisotopic (exact) mass is 297 g/mol. The van der Waals surface area contributed by atoms with Gasteiger partial charge in [-0.1, -0.05) is 0 Å². The minimum Gasteiger partial charge on any atom is -0.478 e. The summed E-state index contributed by atoms with van der Waals surface area (Å²) in [7, 11) is 2.10. The van der Waals surface area contributed by atoms with E-state index in [1.807, 2.05) is 0 Å². The molecule has 0 unspecified atom stereocenters. The number of nitrogens with one attached hydrogen (secondary N) is 2. The van der Waals surface area contributed by atoms with Gasteiger partial charge in [0.15, 0.2) is 0 Å². The van der Waals surface area contributed by atoms with Crippen LogP contribution in [0.25, 0.3) is 0 Å². The van der Waals surface area contributed by atoms with Crippen molar-refractivity contribution in [2.24, 2.45) is 5.92 Å². The smallest absolute Gasteiger partial charge is 0.338 e. The fraction of sp³-hybridized carbons (Fsp3) is 0.538. The van der Waals surface area contributed by atoms with Gasteiger partial charge in [0.1, 0.15) is 5.00 Å². The van der Waals surface area contributed by atoms with Crippen LogP contribution in [0.3, 0.4) is 0 Å². The molecular formula is C13H19N3O3S. The van der Waals surface area contributed by atoms with Crippen LogP contribution in [0.4, 0.5) is 9.80 Å². The van der Waals surface area contributed by atoms with Gasteiger partial charge in [0.2, 0.25) is 0 Å². The van der Waals surface area contributed by atoms with Gasteiger partial charge in [-0.3, -0.25) is 5.32 Å². The van der Waals surface area contributed by atoms with Crippen molar-refractivity contribution in [2.45, 2.75) is 12.8 Å². The van der Waals surface area contributed by atoms with Gasteiger partial charge in [-0.15, -0.1) is 11.3 Å². The van der Waals surface area contributed by atoms with Crippen LogP contribution in [-0.2, 0) is 0 Å². The highest BCUT2D eigenvalue weighted by Crippen LogP contribution is 2.23. The Morgan fingerprint density at radius 2 is 2.15 bits per heavy atom. The Bertz CT molecular complexity index is 481. The zero-order valence-corrected chi connectivity index (χ0v) is 12.2. The molecule has 1 aromatic heterocycles. The van der Waals surface area contributed by atoms with Crippen LogP contribution in [0, 0.1) is 5.92 Å². The van der Waals surface area contributed by atoms with E-state index in [2.05, 4.69) is 22.6 Å². The Balaban J connectivity index is 1.78. The van der Waals surface area contributed by atoms with Crippen LogP contribution in [0.1, 0.15) is 23.2 Å². The number of hydrogen-bond donors (Lipinski definition) is 3. The number of hydrogen-bond acceptors (Lipinski definition) is 4. The zero-order valence-electron chi connectivity index (χ0n) is 11.4. The molecule has 1 aliphatic heterocycles. The fourth-order valence-electron chi connectivity index (χ4n) is 2.23. The Morgan fingerprint density at radius 1 is 1.45 bits per heavy atom. The maximum absolute atomic E-state index is 11.8. The van der Waals surface area contributed by atoms with Gasteiger partial charge in [-0.2, -0.15) is 0 Å². The summed E-state index contributed by atoms with van der Waals surface area (Å²) >= 11 is 1.21. The Morgan fingerprint density at radius 3 is 2.80 bits per heavy atom. The van der Waals surface area contributed by atoms with Crippen LogP contribution < -0.4 is 10.6 Å². The summed E-state index contributed by atoms with van der Waals surface area (Å²) in [5.41, 5.74) is 0.129. The van der Waals surface area contributed by atoms with E-state index < -0.39 is 5.97 Å². The van der Waals surface area contributed by atoms with Gasteiger partial charge in [0, 0.05) is 6.54 Å². The number of likely N-dealkylation sites (tertiary alicyclic amines) is 1. The first-order valence-corrected chi connectivity index (χ1v) is 7.48. The molecule has 20 heavy (non-hydrogen) atoms. The number of thiophene rings is 1. The number of piperidine rings is 1. The highest BCUT2D eigenvalue weighted by molar-refractivity contribution is 7.14. The third-order valence-corrected chi connectivity index (χ3v) is 4.34. The molecule has 0 radical (unpaired) electrons. The summed E-state index contributed by atoms with van der Waals surface area (Å²) in [4.78, 5) is 25.0. The topological polar surface area (TPSA) is 81.7 Å². The second kappa shape index (κ2) is 6.71. The molecule has 3 N–H and O–H groups in total. The van der Waals surface area contributed by atoms with Crippen molar-refractivity contribution in [1.29, 1.82) is 0 Å². The number of amides is 2. The molecule has 1 aromatic rings. The van der Waals surface area contributed by atoms with Crippen molar-refractivity contribution in [3.05, 3.63) is 17.0 Å². The standard InChI is InChI=1S/C13H19N3O3S/c1-16-5-2-9(3-6-16)8-14-13(19)15-11-10(12(17)18)4-7-20-11/h4,7,9H,2-3,5-6,8H2,1H3,(H,17,18)(H2,14,15,19). The molecule has 1 aliphatic rings. The van der Waals surface area contributed by atoms with E-state index >= 15 is 0 Å². The first-order valence-electron chi connectivity index (χ1n) is 6.60. The summed E-state index contributed by atoms with van der Waals surface area (Å²) in [6, 6.07) is 1.15. The number of carbonyl (C=O) groups excluding carboxylic acids is 1. The number of carbonyl (C=O) groups is 2. The molecule has 0 atom stereocenters. The van der Waals surface area contributed by atoms with Crippen molar-refractivity contribution >= 4 is 28.3 Å². The minimum absolute atomic E-state index is 0.129. The van der Waals surface area contributed by atoms with Crippen molar-refractivity contribution in [3.8, 4) is 0 Å². The van der Waals surface area contributed by atoms with E-state index in [1.54, 1.807) is 5.38 Å². The SMILES string of the molecule is CN1CCC(CNC(=O)Nc2sccc2C(=O)O)CC1. The number of aromatic carboxylic acids is 1. The molecule has 0 aliphatic carbocycles. The van der Waals surface area contributed by atoms with E-state index in [4.69, 9.17) is 5.11 Å². The third-order valence-electron chi connectivity index (χ3n) is 3.51. The van der Waals surface area contributed by atoms with Gasteiger partial charge in [0.05, 0.1) is 5.56 Å². The van der Waals surface area contributed by atoms with Crippen LogP contribution in [0.2, 0.25) is 0 Å². The van der Waals surface area contributed by atoms with Crippen molar-refractivity contribution < 1.29 is 14.7 Å². The molecule has 2 heterocycles. The average Bonchev–Trinajstić information content (AvgIpc) is 2.86. The molecule has 0 bridgehead atoms. The molecule has 0 aromatic carbocycles. The Hall–Kier alpha value is -1.60. The van der Waals surface area contributed by atoms with E-state index in [9.17, 15) is 9.59 Å². The highest BCUT2D eigenvalue weighted by Gasteiger charge is 2.18. The molecule has 0 saturated carbocycles. The number of rotatable bonds is 4. The predicted octanol–water partition coefficient (Wildman–Crippen LogP) is 1.91. The quantitative estimate of drug-likeness (QED) is 0.793. The van der Waals surface area contributed by atoms with Crippen molar-refractivity contribution in [3.63, 3.8) is 0 Å². The largest absolute Gasteiger partial charge is 0.478 e. The second-order valence-electron chi connectivity index (χ2n) is 5.05. The fourth-order valence-corrected chi connectivity index (χ4v) is 3.00. The second-order valence-corrected chi connectivity index (χ2v) is 5.97. The van der Waals surface area contributed by atoms with E-state index in [-0.39, 0.29) is 11.6 Å². The number of nitrogens with zero attached hydrogens (tertiary/aromatic N) is 1. The van der Waals surface area contributed by atoms with E-state index in [0.717, 1.165) is 25.9 Å². The number of carboxylic acid groups (broad SMARTS) is 1. The Kier molecular flexibility index (Phi) is 4.97. The van der Waals surface area contributed by atoms with Crippen molar-refractivity contribution in [2.75, 3.05) is 32.0 Å². The lowest BCUT2D eigenvalue weighted by atomic mass is 9.97. The lowest BCUT2D eigenvalue weighted by Gasteiger charge is -2.28. The van der Waals surface area contributed by atoms with E-state index in [1.165, 1.54) is 17.4 Å². The van der Waals surface area contributed by atoms with Gasteiger partial charge in [-0.05, 0) is 50.3 Å². The van der Waals surface area contributed by atoms with Crippen LogP contribution in [0.5, 0.6) is 0 Å². The maximum Gasteiger partial charge on any atom is 0.338 e. The minimum atomic E-state index is -1.03. The first kappa shape index (κ1) is 14.8. The van der Waals surface area contributed by atoms with Gasteiger partial charge in [0.25, 0.3) is 0 Å². The van der Waals surface area contributed by atoms with Gasteiger partial charge < -0.3 is 15.3 Å². The van der Waals surface area contributed by atoms with Gasteiger partial charge >= 0.3 is 12.0 Å². The summed E-state index contributed by atoms with van der Waals surface area (Å²) in [5.74, 6) is -0.531. The van der Waals surface area contributed by atoms with Crippen LogP contribution in [-0.4, -0.2) is 48.7 Å². The molecule has 2 amide bonds. The number of urea groups is 1. The lowest BCUT2D eigenvalue weighted by molar-refractivity contribution is 0.0698. The molecule has 7 heteroatoms. The summed E-state index contributed by atoms with van der Waals surface area (Å²) < 4.78 is 0. The van der Waals surface area contributed by atoms with Gasteiger partial charge in [-0.25, -0.2) is 9.59 Å². The zero-order chi connectivity index (χ0) is 14.5. The molecule has 0 spiro atoms. The van der Waals surface area contributed by atoms with Crippen LogP contribution >= 0.6 is 11.3 Å². The molecule has 110 valence electrons. The normalized spacial score (nSPS) is 16.9. The Labute approximate surface area is 121 Å². The molecule has 6 nitrogen and oxygen atoms in total. The molecule has 1 saturated heterocycles. The number of anilines is 1. The molecule has 2 rings (SSSR count). The molecular weight excluding hydrogens is 278 g/mol. The summed E-state index contributed by atoms with van der Waals surface area (Å²) in [5, 5.41) is 16.4.